The zero-order valence-corrected chi connectivity index (χ0v) is 15.1. The first-order valence-electron chi connectivity index (χ1n) is 8.72. The topological polar surface area (TPSA) is 45.7 Å². The van der Waals surface area contributed by atoms with E-state index in [1.165, 1.54) is 5.56 Å². The van der Waals surface area contributed by atoms with Crippen LogP contribution in [-0.2, 0) is 22.6 Å². The fourth-order valence-electron chi connectivity index (χ4n) is 3.89. The van der Waals surface area contributed by atoms with Gasteiger partial charge < -0.3 is 9.64 Å². The van der Waals surface area contributed by atoms with E-state index < -0.39 is 0 Å². The average molecular weight is 357 g/mol. The third-order valence-electron chi connectivity index (χ3n) is 5.00. The van der Waals surface area contributed by atoms with Gasteiger partial charge in [0.2, 0.25) is 5.91 Å². The van der Waals surface area contributed by atoms with E-state index in [1.807, 2.05) is 22.7 Å². The Kier molecular flexibility index (Phi) is 4.83. The SMILES string of the molecule is O=C1C[C@@]2(COCCN(Cc3ccccc3)C2)CN1Cc1cncs1. The molecular weight excluding hydrogens is 334 g/mol. The van der Waals surface area contributed by atoms with Gasteiger partial charge in [0.25, 0.3) is 0 Å². The maximum Gasteiger partial charge on any atom is 0.223 e. The summed E-state index contributed by atoms with van der Waals surface area (Å²) >= 11 is 1.61. The Hall–Kier alpha value is -1.76. The predicted octanol–water partition coefficient (Wildman–Crippen LogP) is 2.39. The number of aromatic nitrogens is 1. The normalized spacial score (nSPS) is 24.8. The van der Waals surface area contributed by atoms with Crippen molar-refractivity contribution in [2.45, 2.75) is 19.5 Å². The minimum Gasteiger partial charge on any atom is -0.379 e. The molecule has 1 amide bonds. The van der Waals surface area contributed by atoms with Gasteiger partial charge >= 0.3 is 0 Å². The molecule has 0 N–H and O–H groups in total. The Morgan fingerprint density at radius 3 is 2.88 bits per heavy atom. The van der Waals surface area contributed by atoms with Crippen molar-refractivity contribution in [3.05, 3.63) is 52.5 Å². The average Bonchev–Trinajstić information content (AvgIpc) is 3.16. The Labute approximate surface area is 152 Å². The summed E-state index contributed by atoms with van der Waals surface area (Å²) in [6, 6.07) is 10.5. The number of carbonyl (C=O) groups excluding carboxylic acids is 1. The van der Waals surface area contributed by atoms with Gasteiger partial charge in [0.1, 0.15) is 0 Å². The molecule has 1 aromatic carbocycles. The van der Waals surface area contributed by atoms with Crippen molar-refractivity contribution in [2.24, 2.45) is 5.41 Å². The lowest BCUT2D eigenvalue weighted by Crippen LogP contribution is -2.40. The van der Waals surface area contributed by atoms with Crippen molar-refractivity contribution in [2.75, 3.05) is 32.8 Å². The molecule has 5 nitrogen and oxygen atoms in total. The molecule has 4 rings (SSSR count). The molecule has 1 atom stereocenters. The highest BCUT2D eigenvalue weighted by Gasteiger charge is 2.45. The molecule has 2 aromatic rings. The van der Waals surface area contributed by atoms with Gasteiger partial charge in [0.05, 0.1) is 25.3 Å². The van der Waals surface area contributed by atoms with Gasteiger partial charge in [-0.15, -0.1) is 11.3 Å². The quantitative estimate of drug-likeness (QED) is 0.843. The fraction of sp³-hybridized carbons (Fsp3) is 0.474. The summed E-state index contributed by atoms with van der Waals surface area (Å²) in [5, 5.41) is 0. The molecule has 1 spiro atoms. The van der Waals surface area contributed by atoms with Crippen molar-refractivity contribution in [3.8, 4) is 0 Å². The summed E-state index contributed by atoms with van der Waals surface area (Å²) in [6.07, 6.45) is 2.44. The first-order chi connectivity index (χ1) is 12.2. The Morgan fingerprint density at radius 1 is 1.20 bits per heavy atom. The second-order valence-corrected chi connectivity index (χ2v) is 8.11. The zero-order chi connectivity index (χ0) is 17.1. The summed E-state index contributed by atoms with van der Waals surface area (Å²) in [5.41, 5.74) is 3.04. The van der Waals surface area contributed by atoms with E-state index in [9.17, 15) is 4.79 Å². The van der Waals surface area contributed by atoms with Gasteiger partial charge in [-0.25, -0.2) is 0 Å². The van der Waals surface area contributed by atoms with Crippen LogP contribution in [0.2, 0.25) is 0 Å². The van der Waals surface area contributed by atoms with Crippen molar-refractivity contribution in [1.29, 1.82) is 0 Å². The first kappa shape index (κ1) is 16.7. The highest BCUT2D eigenvalue weighted by atomic mass is 32.1. The standard InChI is InChI=1S/C19H23N3O2S/c23-18-8-19(13-22(18)11-17-9-20-15-25-17)12-21(6-7-24-14-19)10-16-4-2-1-3-5-16/h1-5,9,15H,6-8,10-14H2/t19-/m0/s1. The third kappa shape index (κ3) is 3.92. The van der Waals surface area contributed by atoms with Crippen LogP contribution in [0.4, 0.5) is 0 Å². The number of hydrogen-bond acceptors (Lipinski definition) is 5. The van der Waals surface area contributed by atoms with Crippen LogP contribution in [-0.4, -0.2) is 53.5 Å². The van der Waals surface area contributed by atoms with Crippen molar-refractivity contribution in [1.82, 2.24) is 14.8 Å². The molecule has 2 aliphatic rings. The summed E-state index contributed by atoms with van der Waals surface area (Å²) < 4.78 is 5.90. The highest BCUT2D eigenvalue weighted by molar-refractivity contribution is 7.09. The van der Waals surface area contributed by atoms with Crippen LogP contribution in [0.25, 0.3) is 0 Å². The predicted molar refractivity (Wildman–Crippen MR) is 97.1 cm³/mol. The molecule has 0 saturated carbocycles. The van der Waals surface area contributed by atoms with E-state index in [0.29, 0.717) is 19.6 Å². The van der Waals surface area contributed by atoms with Crippen molar-refractivity contribution < 1.29 is 9.53 Å². The number of carbonyl (C=O) groups is 1. The van der Waals surface area contributed by atoms with Crippen LogP contribution in [0.15, 0.2) is 42.0 Å². The van der Waals surface area contributed by atoms with Gasteiger partial charge in [-0.1, -0.05) is 30.3 Å². The van der Waals surface area contributed by atoms with Crippen LogP contribution in [0.5, 0.6) is 0 Å². The van der Waals surface area contributed by atoms with Crippen LogP contribution < -0.4 is 0 Å². The Morgan fingerprint density at radius 2 is 2.08 bits per heavy atom. The first-order valence-corrected chi connectivity index (χ1v) is 9.60. The molecule has 0 bridgehead atoms. The fourth-order valence-corrected chi connectivity index (χ4v) is 4.50. The van der Waals surface area contributed by atoms with E-state index in [1.54, 1.807) is 11.3 Å². The maximum atomic E-state index is 12.6. The van der Waals surface area contributed by atoms with E-state index in [2.05, 4.69) is 34.1 Å². The summed E-state index contributed by atoms with van der Waals surface area (Å²) in [7, 11) is 0. The molecule has 2 fully saturated rings. The Balaban J connectivity index is 1.45. The minimum atomic E-state index is -0.0902. The second-order valence-electron chi connectivity index (χ2n) is 7.14. The number of nitrogens with zero attached hydrogens (tertiary/aromatic N) is 3. The Bertz CT molecular complexity index is 707. The zero-order valence-electron chi connectivity index (χ0n) is 14.3. The number of ether oxygens (including phenoxy) is 1. The molecule has 0 aliphatic carbocycles. The van der Waals surface area contributed by atoms with Crippen LogP contribution in [0, 0.1) is 5.41 Å². The molecule has 2 aliphatic heterocycles. The van der Waals surface area contributed by atoms with Gasteiger partial charge in [-0.05, 0) is 5.56 Å². The molecular formula is C19H23N3O2S. The number of amides is 1. The summed E-state index contributed by atoms with van der Waals surface area (Å²) in [6.45, 7) is 5.58. The number of likely N-dealkylation sites (tertiary alicyclic amines) is 1. The van der Waals surface area contributed by atoms with Crippen molar-refractivity contribution >= 4 is 17.2 Å². The maximum absolute atomic E-state index is 12.6. The van der Waals surface area contributed by atoms with Gasteiger partial charge in [-0.2, -0.15) is 0 Å². The van der Waals surface area contributed by atoms with E-state index in [0.717, 1.165) is 37.7 Å². The van der Waals surface area contributed by atoms with Crippen LogP contribution in [0.3, 0.4) is 0 Å². The van der Waals surface area contributed by atoms with Crippen LogP contribution in [0.1, 0.15) is 16.9 Å². The van der Waals surface area contributed by atoms with Gasteiger partial charge in [0.15, 0.2) is 0 Å². The monoisotopic (exact) mass is 357 g/mol. The lowest BCUT2D eigenvalue weighted by molar-refractivity contribution is -0.128. The van der Waals surface area contributed by atoms with E-state index in [4.69, 9.17) is 4.74 Å². The molecule has 132 valence electrons. The third-order valence-corrected chi connectivity index (χ3v) is 5.77. The number of benzene rings is 1. The van der Waals surface area contributed by atoms with E-state index in [-0.39, 0.29) is 11.3 Å². The minimum absolute atomic E-state index is 0.0902. The number of rotatable bonds is 4. The number of hydrogen-bond donors (Lipinski definition) is 0. The lowest BCUT2D eigenvalue weighted by atomic mass is 9.87. The van der Waals surface area contributed by atoms with Crippen molar-refractivity contribution in [3.63, 3.8) is 0 Å². The highest BCUT2D eigenvalue weighted by Crippen LogP contribution is 2.35. The molecule has 25 heavy (non-hydrogen) atoms. The second kappa shape index (κ2) is 7.23. The van der Waals surface area contributed by atoms with Crippen LogP contribution >= 0.6 is 11.3 Å². The molecule has 0 unspecified atom stereocenters. The molecule has 0 radical (unpaired) electrons. The summed E-state index contributed by atoms with van der Waals surface area (Å²) in [4.78, 5) is 22.3. The molecule has 2 saturated heterocycles. The summed E-state index contributed by atoms with van der Waals surface area (Å²) in [5.74, 6) is 0.235. The molecule has 1 aromatic heterocycles. The lowest BCUT2D eigenvalue weighted by Gasteiger charge is -2.31. The van der Waals surface area contributed by atoms with Gasteiger partial charge in [0, 0.05) is 49.1 Å². The largest absolute Gasteiger partial charge is 0.379 e. The molecule has 6 heteroatoms. The smallest absolute Gasteiger partial charge is 0.223 e. The molecule has 3 heterocycles. The number of thiazole rings is 1. The van der Waals surface area contributed by atoms with Gasteiger partial charge in [-0.3, -0.25) is 14.7 Å². The van der Waals surface area contributed by atoms with E-state index >= 15 is 0 Å².